The minimum Gasteiger partial charge on any atom is -0.379 e. The Labute approximate surface area is 112 Å². The molecule has 0 atom stereocenters. The van der Waals surface area contributed by atoms with Crippen molar-refractivity contribution < 1.29 is 4.79 Å². The van der Waals surface area contributed by atoms with Gasteiger partial charge in [-0.2, -0.15) is 0 Å². The number of carbonyl (C=O) groups is 1. The van der Waals surface area contributed by atoms with E-state index in [9.17, 15) is 4.79 Å². The number of aromatic nitrogens is 1. The molecule has 2 aromatic rings. The molecule has 2 N–H and O–H groups in total. The van der Waals surface area contributed by atoms with E-state index in [4.69, 9.17) is 0 Å². The topological polar surface area (TPSA) is 54.0 Å². The number of pyridine rings is 1. The van der Waals surface area contributed by atoms with Gasteiger partial charge in [-0.15, -0.1) is 0 Å². The fourth-order valence-electron chi connectivity index (χ4n) is 1.79. The molecule has 0 saturated carbocycles. The first kappa shape index (κ1) is 13.1. The van der Waals surface area contributed by atoms with Crippen LogP contribution >= 0.6 is 0 Å². The van der Waals surface area contributed by atoms with Crippen LogP contribution in [-0.4, -0.2) is 17.9 Å². The van der Waals surface area contributed by atoms with Gasteiger partial charge in [0, 0.05) is 24.5 Å². The lowest BCUT2D eigenvalue weighted by molar-refractivity contribution is 0.0963. The fraction of sp³-hybridized carbons (Fsp3) is 0.200. The van der Waals surface area contributed by atoms with Crippen LogP contribution in [0.3, 0.4) is 0 Å². The Balaban J connectivity index is 2.13. The Kier molecular flexibility index (Phi) is 4.13. The number of nitrogens with one attached hydrogen (secondary N) is 2. The van der Waals surface area contributed by atoms with Crippen molar-refractivity contribution in [2.75, 3.05) is 12.4 Å². The molecule has 4 heteroatoms. The minimum atomic E-state index is -0.0825. The molecule has 0 saturated heterocycles. The molecule has 0 aliphatic heterocycles. The Morgan fingerprint density at radius 2 is 2.11 bits per heavy atom. The Hall–Kier alpha value is -2.36. The van der Waals surface area contributed by atoms with Gasteiger partial charge < -0.3 is 10.6 Å². The third kappa shape index (κ3) is 3.31. The van der Waals surface area contributed by atoms with Gasteiger partial charge in [0.25, 0.3) is 5.91 Å². The maximum atomic E-state index is 11.6. The lowest BCUT2D eigenvalue weighted by atomic mass is 10.1. The van der Waals surface area contributed by atoms with Gasteiger partial charge in [0.15, 0.2) is 0 Å². The predicted octanol–water partition coefficient (Wildman–Crippen LogP) is 2.36. The number of carbonyl (C=O) groups excluding carboxylic acids is 1. The van der Waals surface area contributed by atoms with Gasteiger partial charge >= 0.3 is 0 Å². The molecule has 0 unspecified atom stereocenters. The summed E-state index contributed by atoms with van der Waals surface area (Å²) in [5, 5.41) is 5.93. The van der Waals surface area contributed by atoms with Crippen molar-refractivity contribution >= 4 is 11.6 Å². The van der Waals surface area contributed by atoms with Crippen LogP contribution in [0.25, 0.3) is 0 Å². The predicted molar refractivity (Wildman–Crippen MR) is 76.1 cm³/mol. The van der Waals surface area contributed by atoms with E-state index in [0.29, 0.717) is 12.1 Å². The highest BCUT2D eigenvalue weighted by atomic mass is 16.1. The molecule has 1 amide bonds. The standard InChI is InChI=1S/C15H17N3O/c1-11-6-7-12(15(19)16-2)9-14(11)18-10-13-5-3-4-8-17-13/h3-9,18H,10H2,1-2H3,(H,16,19). The first-order chi connectivity index (χ1) is 9.20. The number of benzene rings is 1. The van der Waals surface area contributed by atoms with Crippen molar-refractivity contribution in [2.45, 2.75) is 13.5 Å². The third-order valence-corrected chi connectivity index (χ3v) is 2.91. The molecule has 0 aliphatic carbocycles. The molecule has 0 bridgehead atoms. The molecule has 0 spiro atoms. The summed E-state index contributed by atoms with van der Waals surface area (Å²) in [6.45, 7) is 2.65. The summed E-state index contributed by atoms with van der Waals surface area (Å²) in [5.41, 5.74) is 3.67. The minimum absolute atomic E-state index is 0.0825. The quantitative estimate of drug-likeness (QED) is 0.881. The highest BCUT2D eigenvalue weighted by Crippen LogP contribution is 2.17. The van der Waals surface area contributed by atoms with Crippen LogP contribution in [0.5, 0.6) is 0 Å². The van der Waals surface area contributed by atoms with Crippen molar-refractivity contribution in [2.24, 2.45) is 0 Å². The molecule has 2 rings (SSSR count). The highest BCUT2D eigenvalue weighted by Gasteiger charge is 2.06. The molecule has 0 aliphatic rings. The third-order valence-electron chi connectivity index (χ3n) is 2.91. The molecular formula is C15H17N3O. The molecule has 4 nitrogen and oxygen atoms in total. The van der Waals surface area contributed by atoms with Crippen LogP contribution < -0.4 is 10.6 Å². The van der Waals surface area contributed by atoms with Crippen molar-refractivity contribution in [3.05, 3.63) is 59.4 Å². The summed E-state index contributed by atoms with van der Waals surface area (Å²) in [6.07, 6.45) is 1.77. The molecule has 0 fully saturated rings. The van der Waals surface area contributed by atoms with Gasteiger partial charge in [-0.05, 0) is 36.8 Å². The molecule has 1 aromatic heterocycles. The van der Waals surface area contributed by atoms with E-state index in [0.717, 1.165) is 16.9 Å². The molecule has 1 aromatic carbocycles. The maximum absolute atomic E-state index is 11.6. The molecule has 0 radical (unpaired) electrons. The number of aryl methyl sites for hydroxylation is 1. The van der Waals surface area contributed by atoms with E-state index < -0.39 is 0 Å². The normalized spacial score (nSPS) is 10.0. The fourth-order valence-corrected chi connectivity index (χ4v) is 1.79. The monoisotopic (exact) mass is 255 g/mol. The van der Waals surface area contributed by atoms with E-state index in [1.807, 2.05) is 43.3 Å². The SMILES string of the molecule is CNC(=O)c1ccc(C)c(NCc2ccccn2)c1. The van der Waals surface area contributed by atoms with Crippen LogP contribution in [0.2, 0.25) is 0 Å². The molecule has 1 heterocycles. The van der Waals surface area contributed by atoms with Crippen molar-refractivity contribution in [3.63, 3.8) is 0 Å². The second kappa shape index (κ2) is 6.00. The lowest BCUT2D eigenvalue weighted by Gasteiger charge is -2.11. The largest absolute Gasteiger partial charge is 0.379 e. The number of amides is 1. The zero-order chi connectivity index (χ0) is 13.7. The zero-order valence-corrected chi connectivity index (χ0v) is 11.1. The second-order valence-electron chi connectivity index (χ2n) is 4.28. The first-order valence-corrected chi connectivity index (χ1v) is 6.17. The van der Waals surface area contributed by atoms with Gasteiger partial charge in [-0.25, -0.2) is 0 Å². The van der Waals surface area contributed by atoms with E-state index in [1.165, 1.54) is 0 Å². The van der Waals surface area contributed by atoms with Crippen LogP contribution in [0.4, 0.5) is 5.69 Å². The summed E-state index contributed by atoms with van der Waals surface area (Å²) >= 11 is 0. The van der Waals surface area contributed by atoms with Gasteiger partial charge in [0.1, 0.15) is 0 Å². The summed E-state index contributed by atoms with van der Waals surface area (Å²) in [5.74, 6) is -0.0825. The van der Waals surface area contributed by atoms with Gasteiger partial charge in [-0.1, -0.05) is 12.1 Å². The number of rotatable bonds is 4. The average molecular weight is 255 g/mol. The highest BCUT2D eigenvalue weighted by molar-refractivity contribution is 5.95. The van der Waals surface area contributed by atoms with Crippen LogP contribution in [0.15, 0.2) is 42.6 Å². The summed E-state index contributed by atoms with van der Waals surface area (Å²) < 4.78 is 0. The van der Waals surface area contributed by atoms with E-state index in [-0.39, 0.29) is 5.91 Å². The summed E-state index contributed by atoms with van der Waals surface area (Å²) in [7, 11) is 1.63. The van der Waals surface area contributed by atoms with Gasteiger partial charge in [0.2, 0.25) is 0 Å². The van der Waals surface area contributed by atoms with E-state index >= 15 is 0 Å². The number of anilines is 1. The first-order valence-electron chi connectivity index (χ1n) is 6.17. The summed E-state index contributed by atoms with van der Waals surface area (Å²) in [4.78, 5) is 15.9. The Morgan fingerprint density at radius 3 is 2.79 bits per heavy atom. The van der Waals surface area contributed by atoms with Gasteiger partial charge in [-0.3, -0.25) is 9.78 Å². The maximum Gasteiger partial charge on any atom is 0.251 e. The average Bonchev–Trinajstić information content (AvgIpc) is 2.46. The van der Waals surface area contributed by atoms with Crippen molar-refractivity contribution in [1.29, 1.82) is 0 Å². The Morgan fingerprint density at radius 1 is 1.26 bits per heavy atom. The van der Waals surface area contributed by atoms with E-state index in [2.05, 4.69) is 15.6 Å². The van der Waals surface area contributed by atoms with Crippen LogP contribution in [-0.2, 0) is 6.54 Å². The van der Waals surface area contributed by atoms with Crippen LogP contribution in [0, 0.1) is 6.92 Å². The summed E-state index contributed by atoms with van der Waals surface area (Å²) in [6, 6.07) is 11.4. The number of hydrogen-bond donors (Lipinski definition) is 2. The molecule has 98 valence electrons. The number of nitrogens with zero attached hydrogens (tertiary/aromatic N) is 1. The van der Waals surface area contributed by atoms with Gasteiger partial charge in [0.05, 0.1) is 12.2 Å². The lowest BCUT2D eigenvalue weighted by Crippen LogP contribution is -2.18. The number of hydrogen-bond acceptors (Lipinski definition) is 3. The zero-order valence-electron chi connectivity index (χ0n) is 11.1. The van der Waals surface area contributed by atoms with Crippen LogP contribution in [0.1, 0.15) is 21.6 Å². The Bertz CT molecular complexity index is 567. The smallest absolute Gasteiger partial charge is 0.251 e. The molecule has 19 heavy (non-hydrogen) atoms. The van der Waals surface area contributed by atoms with Crippen molar-refractivity contribution in [1.82, 2.24) is 10.3 Å². The second-order valence-corrected chi connectivity index (χ2v) is 4.28. The van der Waals surface area contributed by atoms with E-state index in [1.54, 1.807) is 13.2 Å². The molecular weight excluding hydrogens is 238 g/mol. The van der Waals surface area contributed by atoms with Crippen molar-refractivity contribution in [3.8, 4) is 0 Å².